The van der Waals surface area contributed by atoms with Crippen molar-refractivity contribution in [2.24, 2.45) is 5.10 Å². The van der Waals surface area contributed by atoms with Gasteiger partial charge in [0.1, 0.15) is 0 Å². The van der Waals surface area contributed by atoms with Gasteiger partial charge in [-0.2, -0.15) is 5.10 Å². The molecule has 0 aliphatic rings. The Balaban J connectivity index is 2.45. The van der Waals surface area contributed by atoms with Gasteiger partial charge < -0.3 is 5.32 Å². The second-order valence-electron chi connectivity index (χ2n) is 2.29. The highest BCUT2D eigenvalue weighted by Gasteiger charge is 2.02. The fourth-order valence-corrected chi connectivity index (χ4v) is 1.32. The molecule has 6 heteroatoms. The van der Waals surface area contributed by atoms with Crippen molar-refractivity contribution in [3.8, 4) is 0 Å². The Labute approximate surface area is 84.8 Å². The van der Waals surface area contributed by atoms with E-state index in [0.717, 1.165) is 6.21 Å². The molecule has 0 spiro atoms. The first-order valence-electron chi connectivity index (χ1n) is 3.82. The Morgan fingerprint density at radius 3 is 2.93 bits per heavy atom. The number of hydrogen-bond acceptors (Lipinski definition) is 4. The van der Waals surface area contributed by atoms with Crippen LogP contribution in [-0.2, 0) is 0 Å². The van der Waals surface area contributed by atoms with E-state index >= 15 is 0 Å². The van der Waals surface area contributed by atoms with Crippen LogP contribution in [0.15, 0.2) is 22.6 Å². The minimum Gasteiger partial charge on any atom is -0.340 e. The molecule has 0 aromatic carbocycles. The highest BCUT2D eigenvalue weighted by molar-refractivity contribution is 7.12. The quantitative estimate of drug-likeness (QED) is 0.442. The Hall–Kier alpha value is -1.69. The molecular weight excluding hydrogens is 202 g/mol. The molecule has 0 fully saturated rings. The van der Waals surface area contributed by atoms with Crippen LogP contribution in [0.1, 0.15) is 9.67 Å². The van der Waals surface area contributed by atoms with Crippen LogP contribution in [0.25, 0.3) is 0 Å². The molecule has 0 aliphatic heterocycles. The minimum absolute atomic E-state index is 0.226. The maximum atomic E-state index is 11.3. The van der Waals surface area contributed by atoms with Crippen LogP contribution in [0, 0.1) is 0 Å². The van der Waals surface area contributed by atoms with Crippen LogP contribution in [0.5, 0.6) is 0 Å². The Morgan fingerprint density at radius 2 is 2.36 bits per heavy atom. The molecule has 0 bridgehead atoms. The van der Waals surface area contributed by atoms with E-state index in [0.29, 0.717) is 4.88 Å². The minimum atomic E-state index is -0.458. The molecule has 0 radical (unpaired) electrons. The molecule has 0 aliphatic carbocycles. The average Bonchev–Trinajstić information content (AvgIpc) is 2.70. The molecule has 0 saturated carbocycles. The summed E-state index contributed by atoms with van der Waals surface area (Å²) < 4.78 is 0. The first-order chi connectivity index (χ1) is 6.74. The van der Waals surface area contributed by atoms with Gasteiger partial charge >= 0.3 is 6.03 Å². The highest BCUT2D eigenvalue weighted by atomic mass is 32.1. The van der Waals surface area contributed by atoms with E-state index < -0.39 is 6.03 Å². The summed E-state index contributed by atoms with van der Waals surface area (Å²) in [6.07, 6.45) is 1.07. The summed E-state index contributed by atoms with van der Waals surface area (Å²) in [4.78, 5) is 22.5. The molecule has 5 nitrogen and oxygen atoms in total. The number of carbonyl (C=O) groups excluding carboxylic acids is 2. The van der Waals surface area contributed by atoms with E-state index in [1.807, 2.05) is 0 Å². The summed E-state index contributed by atoms with van der Waals surface area (Å²) in [6, 6.07) is 3.01. The van der Waals surface area contributed by atoms with Crippen LogP contribution in [0.3, 0.4) is 0 Å². The molecule has 0 unspecified atom stereocenters. The molecule has 2 N–H and O–H groups in total. The Kier molecular flexibility index (Phi) is 3.81. The van der Waals surface area contributed by atoms with Gasteiger partial charge in [0.25, 0.3) is 0 Å². The number of ketones is 1. The third-order valence-electron chi connectivity index (χ3n) is 1.34. The molecule has 1 heterocycles. The summed E-state index contributed by atoms with van der Waals surface area (Å²) in [5.41, 5.74) is 2.13. The number of thiophene rings is 1. The van der Waals surface area contributed by atoms with Crippen LogP contribution in [0.4, 0.5) is 4.79 Å². The fourth-order valence-electron chi connectivity index (χ4n) is 0.688. The number of hydrazone groups is 1. The predicted octanol–water partition coefficient (Wildman–Crippen LogP) is 0.846. The van der Waals surface area contributed by atoms with Gasteiger partial charge in [0.15, 0.2) is 0 Å². The lowest BCUT2D eigenvalue weighted by Gasteiger charge is -1.94. The normalized spacial score (nSPS) is 10.1. The van der Waals surface area contributed by atoms with Crippen molar-refractivity contribution in [2.45, 2.75) is 0 Å². The number of urea groups is 1. The maximum absolute atomic E-state index is 11.3. The number of nitrogens with one attached hydrogen (secondary N) is 2. The number of hydrogen-bond donors (Lipinski definition) is 2. The van der Waals surface area contributed by atoms with Gasteiger partial charge in [0.2, 0.25) is 5.78 Å². The zero-order valence-electron chi connectivity index (χ0n) is 7.48. The lowest BCUT2D eigenvalue weighted by atomic mass is 10.3. The van der Waals surface area contributed by atoms with Gasteiger partial charge in [-0.05, 0) is 11.4 Å². The van der Waals surface area contributed by atoms with Gasteiger partial charge in [0.05, 0.1) is 11.1 Å². The van der Waals surface area contributed by atoms with Crippen LogP contribution < -0.4 is 10.7 Å². The van der Waals surface area contributed by atoms with Crippen molar-refractivity contribution in [1.29, 1.82) is 0 Å². The van der Waals surface area contributed by atoms with Crippen LogP contribution in [0.2, 0.25) is 0 Å². The van der Waals surface area contributed by atoms with Crippen molar-refractivity contribution in [1.82, 2.24) is 10.7 Å². The number of nitrogens with zero attached hydrogens (tertiary/aromatic N) is 1. The largest absolute Gasteiger partial charge is 0.340 e. The summed E-state index contributed by atoms with van der Waals surface area (Å²) in [5.74, 6) is -0.226. The number of rotatable bonds is 3. The molecule has 0 saturated heterocycles. The van der Waals surface area contributed by atoms with E-state index in [9.17, 15) is 9.59 Å². The number of amides is 2. The Bertz CT molecular complexity index is 345. The zero-order chi connectivity index (χ0) is 10.4. The molecule has 1 aromatic heterocycles. The first-order valence-corrected chi connectivity index (χ1v) is 4.70. The molecule has 0 atom stereocenters. The van der Waals surface area contributed by atoms with Crippen LogP contribution >= 0.6 is 11.3 Å². The molecule has 14 heavy (non-hydrogen) atoms. The molecule has 2 amide bonds. The van der Waals surface area contributed by atoms with Gasteiger partial charge in [-0.15, -0.1) is 11.3 Å². The molecule has 1 rings (SSSR count). The first kappa shape index (κ1) is 10.4. The zero-order valence-corrected chi connectivity index (χ0v) is 8.30. The van der Waals surface area contributed by atoms with Crippen molar-refractivity contribution in [3.05, 3.63) is 22.4 Å². The maximum Gasteiger partial charge on any atom is 0.334 e. The number of carbonyl (C=O) groups is 2. The SMILES string of the molecule is CNC(=O)N/N=C/C(=O)c1cccs1. The average molecular weight is 211 g/mol. The smallest absolute Gasteiger partial charge is 0.334 e. The summed E-state index contributed by atoms with van der Waals surface area (Å²) in [5, 5.41) is 7.57. The predicted molar refractivity (Wildman–Crippen MR) is 54.7 cm³/mol. The van der Waals surface area contributed by atoms with Crippen molar-refractivity contribution in [3.63, 3.8) is 0 Å². The Morgan fingerprint density at radius 1 is 1.57 bits per heavy atom. The van der Waals surface area contributed by atoms with Crippen LogP contribution in [-0.4, -0.2) is 25.1 Å². The van der Waals surface area contributed by atoms with Gasteiger partial charge in [0, 0.05) is 7.05 Å². The molecule has 1 aromatic rings. The summed E-state index contributed by atoms with van der Waals surface area (Å²) in [7, 11) is 1.46. The van der Waals surface area contributed by atoms with Crippen molar-refractivity contribution in [2.75, 3.05) is 7.05 Å². The fraction of sp³-hybridized carbons (Fsp3) is 0.125. The summed E-state index contributed by atoms with van der Waals surface area (Å²) in [6.45, 7) is 0. The number of Topliss-reactive ketones (excluding diaryl/α,β-unsaturated/α-hetero) is 1. The standard InChI is InChI=1S/C8H9N3O2S/c1-9-8(13)11-10-5-6(12)7-3-2-4-14-7/h2-5H,1H3,(H2,9,11,13)/b10-5+. The van der Waals surface area contributed by atoms with E-state index in [1.54, 1.807) is 17.5 Å². The third kappa shape index (κ3) is 2.98. The summed E-state index contributed by atoms with van der Waals surface area (Å²) >= 11 is 1.33. The van der Waals surface area contributed by atoms with E-state index in [1.165, 1.54) is 18.4 Å². The topological polar surface area (TPSA) is 70.6 Å². The van der Waals surface area contributed by atoms with E-state index in [-0.39, 0.29) is 5.78 Å². The van der Waals surface area contributed by atoms with Crippen molar-refractivity contribution < 1.29 is 9.59 Å². The van der Waals surface area contributed by atoms with Gasteiger partial charge in [-0.3, -0.25) is 4.79 Å². The van der Waals surface area contributed by atoms with Gasteiger partial charge in [-0.25, -0.2) is 10.2 Å². The van der Waals surface area contributed by atoms with Crippen molar-refractivity contribution >= 4 is 29.4 Å². The third-order valence-corrected chi connectivity index (χ3v) is 2.22. The van der Waals surface area contributed by atoms with E-state index in [2.05, 4.69) is 15.8 Å². The lowest BCUT2D eigenvalue weighted by Crippen LogP contribution is -2.29. The molecular formula is C8H9N3O2S. The van der Waals surface area contributed by atoms with E-state index in [4.69, 9.17) is 0 Å². The van der Waals surface area contributed by atoms with Gasteiger partial charge in [-0.1, -0.05) is 6.07 Å². The second-order valence-corrected chi connectivity index (χ2v) is 3.24. The second kappa shape index (κ2) is 5.13. The monoisotopic (exact) mass is 211 g/mol. The lowest BCUT2D eigenvalue weighted by molar-refractivity contribution is 0.107. The molecule has 74 valence electrons. The highest BCUT2D eigenvalue weighted by Crippen LogP contribution is 2.07.